The Morgan fingerprint density at radius 2 is 1.63 bits per heavy atom. The topological polar surface area (TPSA) is 129 Å². The number of para-hydroxylation sites is 1. The molecule has 9 nitrogen and oxygen atoms in total. The van der Waals surface area contributed by atoms with Crippen LogP contribution in [0.15, 0.2) is 60.7 Å². The number of rotatable bonds is 12. The predicted octanol–water partition coefficient (Wildman–Crippen LogP) is 3.86. The molecule has 5 rings (SSSR count). The average molecular weight is 643 g/mol. The summed E-state index contributed by atoms with van der Waals surface area (Å²) in [5.74, 6) is -13.0. The Balaban J connectivity index is 1.38. The summed E-state index contributed by atoms with van der Waals surface area (Å²) in [6.45, 7) is -0.831. The second kappa shape index (κ2) is 13.8. The molecular weight excluding hydrogens is 615 g/mol. The first-order valence-electron chi connectivity index (χ1n) is 14.2. The van der Waals surface area contributed by atoms with Crippen LogP contribution in [0.25, 0.3) is 10.9 Å². The molecule has 4 N–H and O–H groups in total. The van der Waals surface area contributed by atoms with Crippen molar-refractivity contribution in [3.63, 3.8) is 0 Å². The summed E-state index contributed by atoms with van der Waals surface area (Å²) in [7, 11) is 0. The first kappa shape index (κ1) is 32.1. The molecule has 0 radical (unpaired) electrons. The number of nitrogens with one attached hydrogen (secondary N) is 4. The van der Waals surface area contributed by atoms with Crippen LogP contribution in [0, 0.1) is 35.0 Å². The summed E-state index contributed by atoms with van der Waals surface area (Å²) >= 11 is 0. The van der Waals surface area contributed by atoms with Gasteiger partial charge in [0.05, 0.1) is 6.04 Å². The van der Waals surface area contributed by atoms with E-state index in [1.807, 2.05) is 0 Å². The normalized spacial score (nSPS) is 15.7. The number of carbonyl (C=O) groups excluding carboxylic acids is 4. The largest absolute Gasteiger partial charge is 0.479 e. The van der Waals surface area contributed by atoms with Crippen molar-refractivity contribution in [1.82, 2.24) is 20.9 Å². The first-order valence-corrected chi connectivity index (χ1v) is 14.2. The van der Waals surface area contributed by atoms with Gasteiger partial charge in [-0.2, -0.15) is 8.78 Å². The molecule has 14 heteroatoms. The van der Waals surface area contributed by atoms with E-state index in [4.69, 9.17) is 4.74 Å². The molecule has 0 aliphatic carbocycles. The number of aromatic nitrogens is 1. The van der Waals surface area contributed by atoms with E-state index in [1.54, 1.807) is 30.3 Å². The van der Waals surface area contributed by atoms with Gasteiger partial charge in [-0.15, -0.1) is 0 Å². The Bertz CT molecular complexity index is 1750. The number of fused-ring (bicyclic) bond motifs is 1. The second-order valence-corrected chi connectivity index (χ2v) is 10.8. The summed E-state index contributed by atoms with van der Waals surface area (Å²) in [4.78, 5) is 55.4. The van der Waals surface area contributed by atoms with Crippen LogP contribution in [0.2, 0.25) is 0 Å². The molecule has 0 spiro atoms. The van der Waals surface area contributed by atoms with Crippen LogP contribution in [0.1, 0.15) is 28.9 Å². The second-order valence-electron chi connectivity index (χ2n) is 10.8. The number of hydrogen-bond acceptors (Lipinski definition) is 5. The molecule has 3 aromatic carbocycles. The SMILES string of the molecule is O=C(NC(Cc1cccc(F)c1)C(=O)NC(CC1CCNC1=O)C(=O)COc1c(F)c(F)cc(F)c1F)c1cc2ccccc2[nH]1. The number of benzene rings is 3. The molecule has 1 aliphatic rings. The summed E-state index contributed by atoms with van der Waals surface area (Å²) in [6, 6.07) is 11.0. The zero-order chi connectivity index (χ0) is 33.0. The van der Waals surface area contributed by atoms with Crippen molar-refractivity contribution < 1.29 is 45.9 Å². The highest BCUT2D eigenvalue weighted by Gasteiger charge is 2.34. The van der Waals surface area contributed by atoms with Crippen molar-refractivity contribution in [3.05, 3.63) is 101 Å². The molecule has 2 heterocycles. The minimum Gasteiger partial charge on any atom is -0.479 e. The van der Waals surface area contributed by atoms with Gasteiger partial charge in [0.25, 0.3) is 5.91 Å². The lowest BCUT2D eigenvalue weighted by Crippen LogP contribution is -2.53. The van der Waals surface area contributed by atoms with Gasteiger partial charge in [-0.05, 0) is 42.7 Å². The van der Waals surface area contributed by atoms with Gasteiger partial charge < -0.3 is 25.7 Å². The van der Waals surface area contributed by atoms with Gasteiger partial charge in [0.2, 0.25) is 23.4 Å². The third-order valence-corrected chi connectivity index (χ3v) is 7.54. The molecule has 46 heavy (non-hydrogen) atoms. The maximum Gasteiger partial charge on any atom is 0.268 e. The van der Waals surface area contributed by atoms with Crippen LogP contribution in [0.3, 0.4) is 0 Å². The van der Waals surface area contributed by atoms with E-state index in [2.05, 4.69) is 20.9 Å². The Morgan fingerprint density at radius 3 is 2.30 bits per heavy atom. The molecule has 1 fully saturated rings. The standard InChI is InChI=1S/C32H27F5N4O5/c33-19-6-3-4-16(10-19)11-24(41-32(45)25-12-17-5-1-2-7-22(17)39-25)31(44)40-23(13-18-8-9-38-30(18)43)26(42)15-46-29-27(36)20(34)14-21(35)28(29)37/h1-7,10,12,14,18,23-24,39H,8-9,11,13,15H2,(H,38,43)(H,40,44)(H,41,45). The van der Waals surface area contributed by atoms with Crippen LogP contribution in [-0.2, 0) is 20.8 Å². The molecular formula is C32H27F5N4O5. The minimum atomic E-state index is -1.86. The molecule has 1 aromatic heterocycles. The van der Waals surface area contributed by atoms with Crippen LogP contribution in [0.4, 0.5) is 22.0 Å². The van der Waals surface area contributed by atoms with Gasteiger partial charge in [0.15, 0.2) is 23.2 Å². The Morgan fingerprint density at radius 1 is 0.891 bits per heavy atom. The smallest absolute Gasteiger partial charge is 0.268 e. The van der Waals surface area contributed by atoms with Crippen molar-refractivity contribution in [3.8, 4) is 5.75 Å². The fraction of sp³-hybridized carbons (Fsp3) is 0.250. The van der Waals surface area contributed by atoms with Gasteiger partial charge in [-0.25, -0.2) is 13.2 Å². The van der Waals surface area contributed by atoms with Crippen molar-refractivity contribution >= 4 is 34.4 Å². The number of aromatic amines is 1. The van der Waals surface area contributed by atoms with Crippen molar-refractivity contribution in [2.75, 3.05) is 13.2 Å². The highest BCUT2D eigenvalue weighted by molar-refractivity contribution is 6.01. The van der Waals surface area contributed by atoms with Crippen molar-refractivity contribution in [1.29, 1.82) is 0 Å². The van der Waals surface area contributed by atoms with Crippen molar-refractivity contribution in [2.24, 2.45) is 5.92 Å². The fourth-order valence-corrected chi connectivity index (χ4v) is 5.16. The van der Waals surface area contributed by atoms with Gasteiger partial charge >= 0.3 is 0 Å². The highest BCUT2D eigenvalue weighted by Crippen LogP contribution is 2.27. The summed E-state index contributed by atoms with van der Waals surface area (Å²) in [6.07, 6.45) is -0.164. The molecule has 3 amide bonds. The van der Waals surface area contributed by atoms with Gasteiger partial charge in [0.1, 0.15) is 24.2 Å². The third kappa shape index (κ3) is 7.33. The predicted molar refractivity (Wildman–Crippen MR) is 154 cm³/mol. The number of Topliss-reactive ketones (excluding diaryl/α,β-unsaturated/α-hetero) is 1. The molecule has 0 saturated carbocycles. The maximum absolute atomic E-state index is 14.1. The zero-order valence-corrected chi connectivity index (χ0v) is 24.0. The molecule has 3 unspecified atom stereocenters. The number of carbonyl (C=O) groups is 4. The van der Waals surface area contributed by atoms with E-state index in [1.165, 1.54) is 18.2 Å². The van der Waals surface area contributed by atoms with Gasteiger partial charge in [-0.1, -0.05) is 30.3 Å². The van der Waals surface area contributed by atoms with Crippen LogP contribution in [0.5, 0.6) is 5.75 Å². The van der Waals surface area contributed by atoms with E-state index < -0.39 is 82.9 Å². The summed E-state index contributed by atoms with van der Waals surface area (Å²) < 4.78 is 74.4. The highest BCUT2D eigenvalue weighted by atomic mass is 19.2. The van der Waals surface area contributed by atoms with E-state index in [0.717, 1.165) is 11.5 Å². The molecule has 3 atom stereocenters. The Hall–Kier alpha value is -5.27. The van der Waals surface area contributed by atoms with E-state index in [9.17, 15) is 41.1 Å². The van der Waals surface area contributed by atoms with Crippen molar-refractivity contribution in [2.45, 2.75) is 31.3 Å². The molecule has 0 bridgehead atoms. The fourth-order valence-electron chi connectivity index (χ4n) is 5.16. The number of ether oxygens (including phenoxy) is 1. The van der Waals surface area contributed by atoms with E-state index >= 15 is 0 Å². The third-order valence-electron chi connectivity index (χ3n) is 7.54. The number of H-pyrrole nitrogens is 1. The van der Waals surface area contributed by atoms with E-state index in [-0.39, 0.29) is 24.6 Å². The summed E-state index contributed by atoms with van der Waals surface area (Å²) in [5.41, 5.74) is 1.11. The van der Waals surface area contributed by atoms with Gasteiger partial charge in [-0.3, -0.25) is 19.2 Å². The number of hydrogen-bond donors (Lipinski definition) is 4. The summed E-state index contributed by atoms with van der Waals surface area (Å²) in [5, 5.41) is 8.38. The monoisotopic (exact) mass is 642 g/mol. The number of halogens is 5. The molecule has 240 valence electrons. The lowest BCUT2D eigenvalue weighted by Gasteiger charge is -2.24. The van der Waals surface area contributed by atoms with Gasteiger partial charge in [0, 0.05) is 35.9 Å². The lowest BCUT2D eigenvalue weighted by atomic mass is 9.95. The van der Waals surface area contributed by atoms with Crippen LogP contribution < -0.4 is 20.7 Å². The number of amides is 3. The Labute approximate surface area is 258 Å². The first-order chi connectivity index (χ1) is 22.0. The van der Waals surface area contributed by atoms with E-state index in [0.29, 0.717) is 24.0 Å². The zero-order valence-electron chi connectivity index (χ0n) is 24.0. The lowest BCUT2D eigenvalue weighted by molar-refractivity contribution is -0.131. The molecule has 1 saturated heterocycles. The van der Waals surface area contributed by atoms with Crippen LogP contribution >= 0.6 is 0 Å². The maximum atomic E-state index is 14.1. The molecule has 1 aliphatic heterocycles. The van der Waals surface area contributed by atoms with Crippen LogP contribution in [-0.4, -0.2) is 53.7 Å². The Kier molecular flexibility index (Phi) is 9.64. The average Bonchev–Trinajstić information content (AvgIpc) is 3.65. The molecule has 4 aromatic rings. The minimum absolute atomic E-state index is 0.0239. The number of ketones is 1. The quantitative estimate of drug-likeness (QED) is 0.138.